The van der Waals surface area contributed by atoms with Crippen LogP contribution in [0.1, 0.15) is 25.6 Å². The molecule has 0 unspecified atom stereocenters. The van der Waals surface area contributed by atoms with Crippen LogP contribution in [0.2, 0.25) is 0 Å². The van der Waals surface area contributed by atoms with Gasteiger partial charge in [-0.3, -0.25) is 9.36 Å². The predicted octanol–water partition coefficient (Wildman–Crippen LogP) is 3.12. The van der Waals surface area contributed by atoms with Crippen molar-refractivity contribution in [2.75, 3.05) is 5.75 Å². The number of amides is 1. The van der Waals surface area contributed by atoms with E-state index in [9.17, 15) is 4.79 Å². The standard InChI is InChI=1S/C16H18N4O3S/c1-3-20-15(13-7-5-9-23-13)18-19-16(20)24-10-14(21)17-11(2)12-6-4-8-22-12/h4-9,11H,3,10H2,1-2H3,(H,17,21)/t11-/m0/s1. The molecule has 3 heterocycles. The third-order valence-corrected chi connectivity index (χ3v) is 4.42. The van der Waals surface area contributed by atoms with Crippen LogP contribution in [-0.2, 0) is 11.3 Å². The molecule has 1 amide bonds. The Morgan fingerprint density at radius 1 is 1.29 bits per heavy atom. The smallest absolute Gasteiger partial charge is 0.231 e. The predicted molar refractivity (Wildman–Crippen MR) is 89.4 cm³/mol. The van der Waals surface area contributed by atoms with Crippen LogP contribution in [0, 0.1) is 0 Å². The van der Waals surface area contributed by atoms with Crippen LogP contribution in [0.5, 0.6) is 0 Å². The number of furan rings is 2. The number of carbonyl (C=O) groups is 1. The lowest BCUT2D eigenvalue weighted by atomic mass is 10.2. The first-order chi connectivity index (χ1) is 11.7. The molecule has 1 N–H and O–H groups in total. The Balaban J connectivity index is 1.61. The van der Waals surface area contributed by atoms with Crippen LogP contribution >= 0.6 is 11.8 Å². The Morgan fingerprint density at radius 2 is 2.08 bits per heavy atom. The number of hydrogen-bond acceptors (Lipinski definition) is 6. The molecule has 24 heavy (non-hydrogen) atoms. The quantitative estimate of drug-likeness (QED) is 0.662. The van der Waals surface area contributed by atoms with E-state index in [1.165, 1.54) is 11.8 Å². The van der Waals surface area contributed by atoms with Gasteiger partial charge in [0.25, 0.3) is 0 Å². The van der Waals surface area contributed by atoms with Crippen LogP contribution in [0.15, 0.2) is 50.8 Å². The summed E-state index contributed by atoms with van der Waals surface area (Å²) < 4.78 is 12.6. The van der Waals surface area contributed by atoms with Gasteiger partial charge in [-0.05, 0) is 38.1 Å². The van der Waals surface area contributed by atoms with E-state index in [4.69, 9.17) is 8.83 Å². The van der Waals surface area contributed by atoms with Gasteiger partial charge in [-0.2, -0.15) is 0 Å². The second-order valence-corrected chi connectivity index (χ2v) is 6.06. The van der Waals surface area contributed by atoms with Crippen molar-refractivity contribution in [1.29, 1.82) is 0 Å². The largest absolute Gasteiger partial charge is 0.467 e. The van der Waals surface area contributed by atoms with Gasteiger partial charge >= 0.3 is 0 Å². The lowest BCUT2D eigenvalue weighted by Gasteiger charge is -2.11. The Hall–Kier alpha value is -2.48. The third kappa shape index (κ3) is 3.53. The number of aromatic nitrogens is 3. The van der Waals surface area contributed by atoms with Gasteiger partial charge in [0.2, 0.25) is 5.91 Å². The molecule has 126 valence electrons. The zero-order valence-corrected chi connectivity index (χ0v) is 14.2. The Kier molecular flexibility index (Phi) is 5.05. The highest BCUT2D eigenvalue weighted by molar-refractivity contribution is 7.99. The highest BCUT2D eigenvalue weighted by Crippen LogP contribution is 2.24. The molecule has 3 aromatic rings. The van der Waals surface area contributed by atoms with E-state index in [-0.39, 0.29) is 17.7 Å². The van der Waals surface area contributed by atoms with Gasteiger partial charge in [-0.1, -0.05) is 11.8 Å². The minimum Gasteiger partial charge on any atom is -0.467 e. The minimum atomic E-state index is -0.171. The van der Waals surface area contributed by atoms with Crippen molar-refractivity contribution in [1.82, 2.24) is 20.1 Å². The fourth-order valence-electron chi connectivity index (χ4n) is 2.29. The molecule has 3 rings (SSSR count). The molecule has 0 aromatic carbocycles. The summed E-state index contributed by atoms with van der Waals surface area (Å²) in [5, 5.41) is 11.9. The van der Waals surface area contributed by atoms with Gasteiger partial charge in [-0.15, -0.1) is 10.2 Å². The normalized spacial score (nSPS) is 12.2. The third-order valence-electron chi connectivity index (χ3n) is 3.45. The summed E-state index contributed by atoms with van der Waals surface area (Å²) >= 11 is 1.34. The number of carbonyl (C=O) groups excluding carboxylic acids is 1. The van der Waals surface area contributed by atoms with Crippen LogP contribution in [-0.4, -0.2) is 26.4 Å². The van der Waals surface area contributed by atoms with Crippen LogP contribution in [0.4, 0.5) is 0 Å². The highest BCUT2D eigenvalue weighted by Gasteiger charge is 2.17. The molecule has 0 aliphatic rings. The van der Waals surface area contributed by atoms with Crippen LogP contribution < -0.4 is 5.32 Å². The summed E-state index contributed by atoms with van der Waals surface area (Å²) in [6.07, 6.45) is 3.19. The molecule has 0 saturated heterocycles. The number of nitrogens with one attached hydrogen (secondary N) is 1. The van der Waals surface area contributed by atoms with Crippen molar-refractivity contribution >= 4 is 17.7 Å². The SMILES string of the molecule is CCn1c(SCC(=O)N[C@@H](C)c2ccco2)nnc1-c1ccco1. The fraction of sp³-hybridized carbons (Fsp3) is 0.312. The number of hydrogen-bond donors (Lipinski definition) is 1. The maximum atomic E-state index is 12.1. The van der Waals surface area contributed by atoms with Gasteiger partial charge in [0.15, 0.2) is 16.7 Å². The van der Waals surface area contributed by atoms with Crippen LogP contribution in [0.25, 0.3) is 11.6 Å². The van der Waals surface area contributed by atoms with E-state index < -0.39 is 0 Å². The molecule has 1 atom stereocenters. The molecule has 0 fully saturated rings. The van der Waals surface area contributed by atoms with E-state index in [0.29, 0.717) is 23.3 Å². The maximum Gasteiger partial charge on any atom is 0.231 e. The molecular formula is C16H18N4O3S. The molecule has 0 spiro atoms. The van der Waals surface area contributed by atoms with E-state index in [1.54, 1.807) is 24.7 Å². The molecule has 0 bridgehead atoms. The van der Waals surface area contributed by atoms with Crippen molar-refractivity contribution in [3.05, 3.63) is 42.6 Å². The molecule has 0 aliphatic carbocycles. The van der Waals surface area contributed by atoms with E-state index >= 15 is 0 Å². The monoisotopic (exact) mass is 346 g/mol. The van der Waals surface area contributed by atoms with Crippen LogP contribution in [0.3, 0.4) is 0 Å². The number of thioether (sulfide) groups is 1. The molecule has 3 aromatic heterocycles. The van der Waals surface area contributed by atoms with Crippen molar-refractivity contribution in [2.45, 2.75) is 31.6 Å². The topological polar surface area (TPSA) is 86.1 Å². The Bertz CT molecular complexity index is 780. The lowest BCUT2D eigenvalue weighted by molar-refractivity contribution is -0.119. The molecule has 8 heteroatoms. The second kappa shape index (κ2) is 7.39. The second-order valence-electron chi connectivity index (χ2n) is 5.12. The average molecular weight is 346 g/mol. The lowest BCUT2D eigenvalue weighted by Crippen LogP contribution is -2.28. The average Bonchev–Trinajstić information content (AvgIpc) is 3.33. The Labute approximate surface area is 143 Å². The Morgan fingerprint density at radius 3 is 2.75 bits per heavy atom. The summed E-state index contributed by atoms with van der Waals surface area (Å²) in [5.74, 6) is 2.21. The van der Waals surface area contributed by atoms with Crippen molar-refractivity contribution in [3.8, 4) is 11.6 Å². The molecule has 0 aliphatic heterocycles. The molecule has 7 nitrogen and oxygen atoms in total. The van der Waals surface area contributed by atoms with E-state index in [0.717, 1.165) is 5.76 Å². The summed E-state index contributed by atoms with van der Waals surface area (Å²) in [5.41, 5.74) is 0. The summed E-state index contributed by atoms with van der Waals surface area (Å²) in [6, 6.07) is 7.10. The first kappa shape index (κ1) is 16.4. The number of rotatable bonds is 7. The number of nitrogens with zero attached hydrogens (tertiary/aromatic N) is 3. The molecule has 0 saturated carbocycles. The van der Waals surface area contributed by atoms with E-state index in [1.807, 2.05) is 30.5 Å². The first-order valence-electron chi connectivity index (χ1n) is 7.61. The van der Waals surface area contributed by atoms with Crippen molar-refractivity contribution in [3.63, 3.8) is 0 Å². The summed E-state index contributed by atoms with van der Waals surface area (Å²) in [4.78, 5) is 12.1. The van der Waals surface area contributed by atoms with Gasteiger partial charge in [0, 0.05) is 6.54 Å². The van der Waals surface area contributed by atoms with E-state index in [2.05, 4.69) is 15.5 Å². The first-order valence-corrected chi connectivity index (χ1v) is 8.60. The zero-order chi connectivity index (χ0) is 16.9. The van der Waals surface area contributed by atoms with Gasteiger partial charge in [0.1, 0.15) is 5.76 Å². The maximum absolute atomic E-state index is 12.1. The van der Waals surface area contributed by atoms with Crippen molar-refractivity contribution in [2.24, 2.45) is 0 Å². The summed E-state index contributed by atoms with van der Waals surface area (Å²) in [6.45, 7) is 4.57. The van der Waals surface area contributed by atoms with Gasteiger partial charge in [0.05, 0.1) is 24.3 Å². The van der Waals surface area contributed by atoms with Crippen molar-refractivity contribution < 1.29 is 13.6 Å². The van der Waals surface area contributed by atoms with Gasteiger partial charge in [-0.25, -0.2) is 0 Å². The molecule has 0 radical (unpaired) electrons. The molecular weight excluding hydrogens is 328 g/mol. The fourth-order valence-corrected chi connectivity index (χ4v) is 3.10. The zero-order valence-electron chi connectivity index (χ0n) is 13.4. The van der Waals surface area contributed by atoms with Gasteiger partial charge < -0.3 is 14.2 Å². The minimum absolute atomic E-state index is 0.0888. The highest BCUT2D eigenvalue weighted by atomic mass is 32.2. The summed E-state index contributed by atoms with van der Waals surface area (Å²) in [7, 11) is 0.